The predicted octanol–water partition coefficient (Wildman–Crippen LogP) is 1.27. The summed E-state index contributed by atoms with van der Waals surface area (Å²) < 4.78 is 45.9. The first-order chi connectivity index (χ1) is 20.2. The van der Waals surface area contributed by atoms with Crippen molar-refractivity contribution in [3.8, 4) is 0 Å². The summed E-state index contributed by atoms with van der Waals surface area (Å²) >= 11 is 0. The van der Waals surface area contributed by atoms with Crippen LogP contribution in [0.3, 0.4) is 0 Å². The van der Waals surface area contributed by atoms with Crippen LogP contribution in [0.2, 0.25) is 0 Å². The molecule has 2 aromatic rings. The maximum atomic E-state index is 14.1. The van der Waals surface area contributed by atoms with E-state index in [-0.39, 0.29) is 31.6 Å². The summed E-state index contributed by atoms with van der Waals surface area (Å²) in [5.41, 5.74) is -3.41. The summed E-state index contributed by atoms with van der Waals surface area (Å²) in [7, 11) is -4.49. The summed E-state index contributed by atoms with van der Waals surface area (Å²) in [6, 6.07) is 0. The summed E-state index contributed by atoms with van der Waals surface area (Å²) in [5, 5.41) is 10.9. The van der Waals surface area contributed by atoms with Gasteiger partial charge in [-0.1, -0.05) is 6.92 Å². The fraction of sp³-hybridized carbons (Fsp3) is 0.654. The Labute approximate surface area is 246 Å². The van der Waals surface area contributed by atoms with Gasteiger partial charge in [-0.05, 0) is 34.1 Å². The molecular formula is C26H36N5O11P. The lowest BCUT2D eigenvalue weighted by Gasteiger charge is -2.36. The van der Waals surface area contributed by atoms with Gasteiger partial charge in [-0.15, -0.1) is 0 Å². The number of rotatable bonds is 11. The molecule has 0 radical (unpaired) electrons. The van der Waals surface area contributed by atoms with Gasteiger partial charge >= 0.3 is 19.2 Å². The molecule has 2 aliphatic heterocycles. The van der Waals surface area contributed by atoms with E-state index >= 15 is 0 Å². The number of aliphatic hydroxyl groups is 1. The lowest BCUT2D eigenvalue weighted by Crippen LogP contribution is -2.45. The van der Waals surface area contributed by atoms with Crippen molar-refractivity contribution in [2.45, 2.75) is 96.4 Å². The van der Waals surface area contributed by atoms with Crippen molar-refractivity contribution in [3.05, 3.63) is 76.6 Å². The van der Waals surface area contributed by atoms with Gasteiger partial charge < -0.3 is 19.4 Å². The monoisotopic (exact) mass is 625 g/mol. The van der Waals surface area contributed by atoms with Crippen LogP contribution in [0.25, 0.3) is 4.85 Å². The van der Waals surface area contributed by atoms with E-state index in [0.29, 0.717) is 12.0 Å². The summed E-state index contributed by atoms with van der Waals surface area (Å²) in [5.74, 6) is 0. The molecule has 0 amide bonds. The second-order valence-electron chi connectivity index (χ2n) is 11.0. The third-order valence-electron chi connectivity index (χ3n) is 7.34. The normalized spacial score (nSPS) is 27.2. The number of nitrogens with zero attached hydrogens (tertiary/aromatic N) is 3. The Hall–Kier alpha value is -3.16. The molecule has 0 bridgehead atoms. The fourth-order valence-electron chi connectivity index (χ4n) is 5.18. The standard InChI is InChI=1S/C26H36N5O11P/c1-7-17-18(11-20(39-17)31-13-15(3)23(34)29-25(31)36)41-43(37,38-9-8-27-6)42-26(4,5)21-16(32)10-19(40-21)30-12-14(2)22(33)28-24(30)35/h12-13,16-21,32H,7-11H2,1-5H3,(H,28,33,35)(H,29,34,36)/t16?,17-,18?,19-,20-,21+,43?/m1/s1. The van der Waals surface area contributed by atoms with Crippen LogP contribution >= 0.6 is 7.82 Å². The molecule has 7 atom stereocenters. The SMILES string of the molecule is [C-]#[N+]CCOP(=O)(OC1C[C@H](n2cc(C)c(=O)[nH]c2=O)O[C@@H]1CC)OC(C)(C)[C@H]1O[C@@H](n2cc(C)c(=O)[nH]c2=O)CC1O. The van der Waals surface area contributed by atoms with Crippen molar-refractivity contribution in [1.29, 1.82) is 0 Å². The number of phosphoric ester groups is 1. The number of H-pyrrole nitrogens is 2. The molecule has 236 valence electrons. The van der Waals surface area contributed by atoms with Gasteiger partial charge in [-0.2, -0.15) is 0 Å². The van der Waals surface area contributed by atoms with Crippen LogP contribution in [-0.2, 0) is 27.6 Å². The number of aryl methyl sites for hydroxylation is 2. The number of hydrogen-bond acceptors (Lipinski definition) is 11. The van der Waals surface area contributed by atoms with Crippen molar-refractivity contribution in [1.82, 2.24) is 19.1 Å². The van der Waals surface area contributed by atoms with Gasteiger partial charge in [-0.25, -0.2) is 20.7 Å². The van der Waals surface area contributed by atoms with Crippen molar-refractivity contribution in [2.24, 2.45) is 0 Å². The lowest BCUT2D eigenvalue weighted by molar-refractivity contribution is -0.125. The number of aromatic amines is 2. The Bertz CT molecular complexity index is 1650. The fourth-order valence-corrected chi connectivity index (χ4v) is 6.87. The van der Waals surface area contributed by atoms with E-state index in [2.05, 4.69) is 14.8 Å². The molecule has 0 spiro atoms. The van der Waals surface area contributed by atoms with Crippen LogP contribution in [0, 0.1) is 20.4 Å². The van der Waals surface area contributed by atoms with E-state index in [0.717, 1.165) is 4.57 Å². The Balaban J connectivity index is 1.56. The molecule has 2 aromatic heterocycles. The average molecular weight is 626 g/mol. The maximum Gasteiger partial charge on any atom is 0.476 e. The van der Waals surface area contributed by atoms with Gasteiger partial charge in [0.25, 0.3) is 11.1 Å². The Morgan fingerprint density at radius 1 is 1.05 bits per heavy atom. The number of aliphatic hydroxyl groups excluding tert-OH is 1. The summed E-state index contributed by atoms with van der Waals surface area (Å²) in [6.07, 6.45) is -2.48. The molecule has 16 nitrogen and oxygen atoms in total. The third kappa shape index (κ3) is 7.15. The van der Waals surface area contributed by atoms with Crippen molar-refractivity contribution in [2.75, 3.05) is 13.2 Å². The van der Waals surface area contributed by atoms with Crippen LogP contribution < -0.4 is 22.5 Å². The second-order valence-corrected chi connectivity index (χ2v) is 12.6. The molecule has 0 aliphatic carbocycles. The van der Waals surface area contributed by atoms with Gasteiger partial charge in [-0.3, -0.25) is 42.3 Å². The quantitative estimate of drug-likeness (QED) is 0.185. The van der Waals surface area contributed by atoms with Crippen molar-refractivity contribution >= 4 is 7.82 Å². The number of ether oxygens (including phenoxy) is 2. The van der Waals surface area contributed by atoms with Gasteiger partial charge in [0.05, 0.1) is 18.3 Å². The van der Waals surface area contributed by atoms with Crippen LogP contribution in [0.1, 0.15) is 63.6 Å². The van der Waals surface area contributed by atoms with Gasteiger partial charge in [0.1, 0.15) is 30.8 Å². The molecule has 17 heteroatoms. The minimum Gasteiger partial charge on any atom is -0.390 e. The third-order valence-corrected chi connectivity index (χ3v) is 9.06. The van der Waals surface area contributed by atoms with Gasteiger partial charge in [0, 0.05) is 36.4 Å². The zero-order valence-electron chi connectivity index (χ0n) is 24.5. The molecule has 4 heterocycles. The van der Waals surface area contributed by atoms with E-state index in [4.69, 9.17) is 29.6 Å². The summed E-state index contributed by atoms with van der Waals surface area (Å²) in [4.78, 5) is 56.1. The first-order valence-electron chi connectivity index (χ1n) is 13.8. The predicted molar refractivity (Wildman–Crippen MR) is 151 cm³/mol. The molecule has 0 aromatic carbocycles. The van der Waals surface area contributed by atoms with Crippen molar-refractivity contribution < 1.29 is 32.7 Å². The molecule has 2 saturated heterocycles. The Morgan fingerprint density at radius 2 is 1.60 bits per heavy atom. The highest BCUT2D eigenvalue weighted by Crippen LogP contribution is 2.57. The molecule has 2 fully saturated rings. The van der Waals surface area contributed by atoms with E-state index in [9.17, 15) is 28.8 Å². The van der Waals surface area contributed by atoms with Crippen LogP contribution in [0.4, 0.5) is 0 Å². The highest BCUT2D eigenvalue weighted by atomic mass is 31.2. The zero-order chi connectivity index (χ0) is 31.7. The number of phosphoric acid groups is 1. The lowest BCUT2D eigenvalue weighted by atomic mass is 9.97. The smallest absolute Gasteiger partial charge is 0.390 e. The van der Waals surface area contributed by atoms with Gasteiger partial charge in [0.15, 0.2) is 0 Å². The number of aromatic nitrogens is 4. The maximum absolute atomic E-state index is 14.1. The van der Waals surface area contributed by atoms with Crippen LogP contribution in [0.15, 0.2) is 31.6 Å². The average Bonchev–Trinajstić information content (AvgIpc) is 3.51. The Kier molecular flexibility index (Phi) is 9.77. The van der Waals surface area contributed by atoms with Crippen LogP contribution in [-0.4, -0.2) is 67.4 Å². The molecular weight excluding hydrogens is 589 g/mol. The zero-order valence-corrected chi connectivity index (χ0v) is 25.4. The number of hydrogen-bond donors (Lipinski definition) is 3. The first-order valence-corrected chi connectivity index (χ1v) is 15.2. The van der Waals surface area contributed by atoms with E-state index in [1.54, 1.807) is 6.92 Å². The van der Waals surface area contributed by atoms with Crippen LogP contribution in [0.5, 0.6) is 0 Å². The molecule has 43 heavy (non-hydrogen) atoms. The highest BCUT2D eigenvalue weighted by Gasteiger charge is 2.51. The molecule has 3 unspecified atom stereocenters. The largest absolute Gasteiger partial charge is 0.476 e. The molecule has 4 rings (SSSR count). The minimum atomic E-state index is -4.49. The van der Waals surface area contributed by atoms with E-state index in [1.807, 2.05) is 6.92 Å². The van der Waals surface area contributed by atoms with E-state index in [1.165, 1.54) is 37.7 Å². The van der Waals surface area contributed by atoms with Crippen molar-refractivity contribution in [3.63, 3.8) is 0 Å². The second kappa shape index (κ2) is 12.8. The summed E-state index contributed by atoms with van der Waals surface area (Å²) in [6.45, 7) is 14.5. The highest BCUT2D eigenvalue weighted by molar-refractivity contribution is 7.48. The Morgan fingerprint density at radius 3 is 2.14 bits per heavy atom. The minimum absolute atomic E-state index is 0.0318. The molecule has 0 saturated carbocycles. The number of nitrogens with one attached hydrogen (secondary N) is 2. The molecule has 2 aliphatic rings. The topological polar surface area (TPSA) is 198 Å². The molecule has 3 N–H and O–H groups in total. The van der Waals surface area contributed by atoms with Gasteiger partial charge in [0.2, 0.25) is 6.54 Å². The van der Waals surface area contributed by atoms with E-state index < -0.39 is 72.8 Å². The first kappa shape index (κ1) is 32.7.